The number of hydrogen-bond donors (Lipinski definition) is 1. The first-order valence-electron chi connectivity index (χ1n) is 8.79. The summed E-state index contributed by atoms with van der Waals surface area (Å²) in [6, 6.07) is 17.1. The summed E-state index contributed by atoms with van der Waals surface area (Å²) in [7, 11) is 0. The maximum absolute atomic E-state index is 12.6. The maximum Gasteiger partial charge on any atom is 0.366 e. The van der Waals surface area contributed by atoms with Crippen molar-refractivity contribution in [1.82, 2.24) is 9.30 Å². The molecule has 0 aliphatic carbocycles. The number of hydrogen-bond acceptors (Lipinski definition) is 4. The first-order valence-corrected chi connectivity index (χ1v) is 8.79. The smallest absolute Gasteiger partial charge is 0.366 e. The molecule has 1 aromatic heterocycles. The molecule has 3 aromatic rings. The molecule has 27 heavy (non-hydrogen) atoms. The van der Waals surface area contributed by atoms with Crippen molar-refractivity contribution >= 4 is 0 Å². The van der Waals surface area contributed by atoms with Crippen LogP contribution in [0.15, 0.2) is 64.2 Å². The van der Waals surface area contributed by atoms with Crippen molar-refractivity contribution < 1.29 is 9.94 Å². The number of benzene rings is 2. The molecule has 0 radical (unpaired) electrons. The molecule has 1 N–H and O–H groups in total. The van der Waals surface area contributed by atoms with Gasteiger partial charge in [-0.2, -0.15) is 0 Å². The highest BCUT2D eigenvalue weighted by atomic mass is 16.5. The predicted molar refractivity (Wildman–Crippen MR) is 103 cm³/mol. The van der Waals surface area contributed by atoms with Crippen molar-refractivity contribution in [2.75, 3.05) is 0 Å². The molecular formula is C21H22N2O4. The quantitative estimate of drug-likeness (QED) is 0.681. The Bertz CT molecular complexity index is 1050. The highest BCUT2D eigenvalue weighted by Gasteiger charge is 2.19. The predicted octanol–water partition coefficient (Wildman–Crippen LogP) is 2.96. The van der Waals surface area contributed by atoms with Crippen LogP contribution in [0, 0.1) is 6.92 Å². The Labute approximate surface area is 156 Å². The molecule has 0 fully saturated rings. The fraction of sp³-hybridized carbons (Fsp3) is 0.238. The molecule has 2 aromatic carbocycles. The van der Waals surface area contributed by atoms with Crippen LogP contribution in [0.5, 0.6) is 0 Å². The average Bonchev–Trinajstić information content (AvgIpc) is 2.68. The lowest BCUT2D eigenvalue weighted by Crippen LogP contribution is -2.42. The van der Waals surface area contributed by atoms with E-state index in [0.29, 0.717) is 24.3 Å². The van der Waals surface area contributed by atoms with Gasteiger partial charge in [0, 0.05) is 5.56 Å². The zero-order valence-electron chi connectivity index (χ0n) is 15.4. The first kappa shape index (κ1) is 18.7. The minimum atomic E-state index is -0.818. The normalized spacial score (nSPS) is 10.9. The summed E-state index contributed by atoms with van der Waals surface area (Å²) in [6.45, 7) is 3.99. The van der Waals surface area contributed by atoms with Crippen LogP contribution in [0.2, 0.25) is 0 Å². The van der Waals surface area contributed by atoms with E-state index in [2.05, 4.69) is 0 Å². The molecule has 0 aliphatic rings. The van der Waals surface area contributed by atoms with Crippen molar-refractivity contribution in [2.24, 2.45) is 0 Å². The number of aryl methyl sites for hydroxylation is 1. The molecule has 0 saturated carbocycles. The van der Waals surface area contributed by atoms with Gasteiger partial charge < -0.3 is 9.94 Å². The summed E-state index contributed by atoms with van der Waals surface area (Å²) >= 11 is 0. The van der Waals surface area contributed by atoms with Crippen molar-refractivity contribution in [3.8, 4) is 11.3 Å². The highest BCUT2D eigenvalue weighted by molar-refractivity contribution is 5.64. The van der Waals surface area contributed by atoms with Crippen LogP contribution in [0.25, 0.3) is 11.3 Å². The minimum Gasteiger partial charge on any atom is -0.421 e. The summed E-state index contributed by atoms with van der Waals surface area (Å²) in [5.74, 6) is 0. The fourth-order valence-electron chi connectivity index (χ4n) is 3.08. The van der Waals surface area contributed by atoms with Gasteiger partial charge in [0.05, 0.1) is 12.3 Å². The molecule has 6 heteroatoms. The largest absolute Gasteiger partial charge is 0.421 e. The molecule has 0 saturated heterocycles. The van der Waals surface area contributed by atoms with Gasteiger partial charge in [-0.05, 0) is 30.5 Å². The Morgan fingerprint density at radius 2 is 1.78 bits per heavy atom. The Hall–Kier alpha value is -3.12. The number of rotatable bonds is 6. The van der Waals surface area contributed by atoms with Gasteiger partial charge in [-0.1, -0.05) is 65.7 Å². The van der Waals surface area contributed by atoms with E-state index in [4.69, 9.17) is 4.74 Å². The Kier molecular flexibility index (Phi) is 5.57. The zero-order valence-corrected chi connectivity index (χ0v) is 15.4. The summed E-state index contributed by atoms with van der Waals surface area (Å²) in [5, 5.41) is 9.96. The van der Waals surface area contributed by atoms with Gasteiger partial charge in [0.15, 0.2) is 0 Å². The third kappa shape index (κ3) is 3.85. The molecule has 1 heterocycles. The van der Waals surface area contributed by atoms with Crippen LogP contribution in [0.4, 0.5) is 0 Å². The van der Waals surface area contributed by atoms with Crippen molar-refractivity contribution in [2.45, 2.75) is 33.6 Å². The molecule has 0 spiro atoms. The summed E-state index contributed by atoms with van der Waals surface area (Å²) in [4.78, 5) is 25.0. The van der Waals surface area contributed by atoms with E-state index >= 15 is 0 Å². The second-order valence-corrected chi connectivity index (χ2v) is 6.34. The van der Waals surface area contributed by atoms with Gasteiger partial charge in [-0.15, -0.1) is 0 Å². The van der Waals surface area contributed by atoms with Crippen LogP contribution in [0.3, 0.4) is 0 Å². The Morgan fingerprint density at radius 1 is 1.04 bits per heavy atom. The first-order chi connectivity index (χ1) is 13.0. The van der Waals surface area contributed by atoms with Crippen molar-refractivity contribution in [1.29, 1.82) is 0 Å². The van der Waals surface area contributed by atoms with Gasteiger partial charge in [0.1, 0.15) is 6.73 Å². The fourth-order valence-corrected chi connectivity index (χ4v) is 3.08. The van der Waals surface area contributed by atoms with Gasteiger partial charge in [0.25, 0.3) is 5.56 Å². The van der Waals surface area contributed by atoms with Crippen molar-refractivity contribution in [3.63, 3.8) is 0 Å². The van der Waals surface area contributed by atoms with Crippen LogP contribution in [0.1, 0.15) is 23.6 Å². The monoisotopic (exact) mass is 366 g/mol. The second kappa shape index (κ2) is 8.05. The number of aromatic nitrogens is 2. The number of ether oxygens (including phenoxy) is 1. The Balaban J connectivity index is 2.07. The van der Waals surface area contributed by atoms with Crippen LogP contribution in [-0.4, -0.2) is 14.5 Å². The van der Waals surface area contributed by atoms with E-state index in [0.717, 1.165) is 16.7 Å². The summed E-state index contributed by atoms with van der Waals surface area (Å²) in [5.41, 5.74) is 2.05. The van der Waals surface area contributed by atoms with Gasteiger partial charge in [-0.3, -0.25) is 9.36 Å². The van der Waals surface area contributed by atoms with E-state index in [9.17, 15) is 14.8 Å². The van der Waals surface area contributed by atoms with E-state index in [1.54, 1.807) is 0 Å². The van der Waals surface area contributed by atoms with E-state index < -0.39 is 11.2 Å². The maximum atomic E-state index is 12.6. The second-order valence-electron chi connectivity index (χ2n) is 6.34. The SMILES string of the molecule is CCc1c(-c2cccc(C)c2)n(COCc2ccccc2)c(=O)n(O)c1=O. The van der Waals surface area contributed by atoms with Crippen LogP contribution in [-0.2, 0) is 24.5 Å². The topological polar surface area (TPSA) is 73.5 Å². The lowest BCUT2D eigenvalue weighted by Gasteiger charge is -2.17. The number of nitrogens with zero attached hydrogens (tertiary/aromatic N) is 2. The molecule has 0 bridgehead atoms. The molecule has 0 aliphatic heterocycles. The highest BCUT2D eigenvalue weighted by Crippen LogP contribution is 2.22. The van der Waals surface area contributed by atoms with E-state index in [-0.39, 0.29) is 11.5 Å². The third-order valence-corrected chi connectivity index (χ3v) is 4.40. The van der Waals surface area contributed by atoms with E-state index in [1.165, 1.54) is 4.57 Å². The van der Waals surface area contributed by atoms with Gasteiger partial charge in [-0.25, -0.2) is 4.79 Å². The van der Waals surface area contributed by atoms with Gasteiger partial charge in [0.2, 0.25) is 0 Å². The standard InChI is InChI=1S/C21H22N2O4/c1-3-18-19(17-11-7-8-15(2)12-17)22(21(25)23(26)20(18)24)14-27-13-16-9-5-4-6-10-16/h4-12,26H,3,13-14H2,1-2H3. The van der Waals surface area contributed by atoms with Crippen LogP contribution < -0.4 is 11.2 Å². The van der Waals surface area contributed by atoms with Crippen LogP contribution >= 0.6 is 0 Å². The molecule has 6 nitrogen and oxygen atoms in total. The molecule has 0 amide bonds. The Morgan fingerprint density at radius 3 is 2.44 bits per heavy atom. The molecule has 0 unspecified atom stereocenters. The summed E-state index contributed by atoms with van der Waals surface area (Å²) in [6.07, 6.45) is 0.377. The zero-order chi connectivity index (χ0) is 19.4. The molecule has 3 rings (SSSR count). The lowest BCUT2D eigenvalue weighted by molar-refractivity contribution is 0.0532. The average molecular weight is 366 g/mol. The van der Waals surface area contributed by atoms with Gasteiger partial charge >= 0.3 is 5.69 Å². The van der Waals surface area contributed by atoms with Crippen molar-refractivity contribution in [3.05, 3.63) is 92.1 Å². The summed E-state index contributed by atoms with van der Waals surface area (Å²) < 4.78 is 7.17. The minimum absolute atomic E-state index is 0.0785. The lowest BCUT2D eigenvalue weighted by atomic mass is 10.0. The third-order valence-electron chi connectivity index (χ3n) is 4.40. The molecule has 0 atom stereocenters. The molecule has 140 valence electrons. The van der Waals surface area contributed by atoms with E-state index in [1.807, 2.05) is 68.4 Å². The molecular weight excluding hydrogens is 344 g/mol.